The second kappa shape index (κ2) is 6.35. The Hall–Kier alpha value is -1.75. The highest BCUT2D eigenvalue weighted by atomic mass is 16.2. The number of carbonyl (C=O) groups is 1. The van der Waals surface area contributed by atoms with Gasteiger partial charge in [-0.25, -0.2) is 4.79 Å². The summed E-state index contributed by atoms with van der Waals surface area (Å²) in [4.78, 5) is 18.3. The standard InChI is InChI=1S/C16H24N4O/c1-14-4-2-3-5-15(14)19-11-8-18(9-12-19)10-13-20-7-6-17-16(20)21/h2-5H,6-13H2,1H3,(H,17,21). The molecule has 2 amide bonds. The van der Waals surface area contributed by atoms with Crippen LogP contribution < -0.4 is 10.2 Å². The fourth-order valence-electron chi connectivity index (χ4n) is 3.12. The van der Waals surface area contributed by atoms with E-state index in [-0.39, 0.29) is 6.03 Å². The Morgan fingerprint density at radius 1 is 1.05 bits per heavy atom. The molecule has 3 rings (SSSR count). The number of nitrogens with one attached hydrogen (secondary N) is 1. The number of hydrogen-bond acceptors (Lipinski definition) is 3. The zero-order valence-corrected chi connectivity index (χ0v) is 12.7. The van der Waals surface area contributed by atoms with Gasteiger partial charge in [-0.2, -0.15) is 0 Å². The molecule has 2 aliphatic heterocycles. The predicted molar refractivity (Wildman–Crippen MR) is 84.8 cm³/mol. The van der Waals surface area contributed by atoms with E-state index in [9.17, 15) is 4.79 Å². The van der Waals surface area contributed by atoms with Crippen LogP contribution in [0, 0.1) is 6.92 Å². The Labute approximate surface area is 126 Å². The zero-order valence-electron chi connectivity index (χ0n) is 12.7. The summed E-state index contributed by atoms with van der Waals surface area (Å²) in [5, 5.41) is 2.85. The number of hydrogen-bond donors (Lipinski definition) is 1. The maximum atomic E-state index is 11.5. The molecule has 0 unspecified atom stereocenters. The van der Waals surface area contributed by atoms with Crippen molar-refractivity contribution in [2.24, 2.45) is 0 Å². The Bertz CT molecular complexity index is 497. The molecule has 21 heavy (non-hydrogen) atoms. The number of piperazine rings is 1. The molecule has 2 fully saturated rings. The fourth-order valence-corrected chi connectivity index (χ4v) is 3.12. The van der Waals surface area contributed by atoms with Crippen LogP contribution in [0.1, 0.15) is 5.56 Å². The van der Waals surface area contributed by atoms with Gasteiger partial charge in [-0.05, 0) is 18.6 Å². The number of rotatable bonds is 4. The lowest BCUT2D eigenvalue weighted by Crippen LogP contribution is -2.49. The van der Waals surface area contributed by atoms with Crippen molar-refractivity contribution in [3.63, 3.8) is 0 Å². The molecular formula is C16H24N4O. The zero-order chi connectivity index (χ0) is 14.7. The number of para-hydroxylation sites is 1. The molecule has 0 saturated carbocycles. The van der Waals surface area contributed by atoms with Gasteiger partial charge in [-0.15, -0.1) is 0 Å². The van der Waals surface area contributed by atoms with Gasteiger partial charge in [0, 0.05) is 58.0 Å². The topological polar surface area (TPSA) is 38.8 Å². The highest BCUT2D eigenvalue weighted by molar-refractivity contribution is 5.76. The van der Waals surface area contributed by atoms with Gasteiger partial charge in [0.05, 0.1) is 0 Å². The average Bonchev–Trinajstić information content (AvgIpc) is 2.92. The maximum absolute atomic E-state index is 11.5. The molecule has 5 nitrogen and oxygen atoms in total. The largest absolute Gasteiger partial charge is 0.369 e. The van der Waals surface area contributed by atoms with Crippen LogP contribution in [0.5, 0.6) is 0 Å². The first-order chi connectivity index (χ1) is 10.2. The molecule has 0 bridgehead atoms. The quantitative estimate of drug-likeness (QED) is 0.903. The summed E-state index contributed by atoms with van der Waals surface area (Å²) in [6.07, 6.45) is 0. The molecular weight excluding hydrogens is 264 g/mol. The van der Waals surface area contributed by atoms with Crippen LogP contribution in [0.4, 0.5) is 10.5 Å². The Morgan fingerprint density at radius 2 is 1.81 bits per heavy atom. The average molecular weight is 288 g/mol. The number of anilines is 1. The van der Waals surface area contributed by atoms with Crippen LogP contribution in [0.25, 0.3) is 0 Å². The van der Waals surface area contributed by atoms with E-state index in [0.29, 0.717) is 0 Å². The molecule has 5 heteroatoms. The van der Waals surface area contributed by atoms with Crippen molar-refractivity contribution in [1.29, 1.82) is 0 Å². The Balaban J connectivity index is 1.47. The fraction of sp³-hybridized carbons (Fsp3) is 0.562. The number of nitrogens with zero attached hydrogens (tertiary/aromatic N) is 3. The van der Waals surface area contributed by atoms with Crippen molar-refractivity contribution < 1.29 is 4.79 Å². The van der Waals surface area contributed by atoms with Gasteiger partial charge in [-0.3, -0.25) is 4.90 Å². The Kier molecular flexibility index (Phi) is 4.29. The summed E-state index contributed by atoms with van der Waals surface area (Å²) < 4.78 is 0. The molecule has 0 spiro atoms. The van der Waals surface area contributed by atoms with E-state index < -0.39 is 0 Å². The second-order valence-electron chi connectivity index (χ2n) is 5.83. The number of amides is 2. The number of benzene rings is 1. The van der Waals surface area contributed by atoms with Gasteiger partial charge in [0.1, 0.15) is 0 Å². The van der Waals surface area contributed by atoms with Crippen LogP contribution in [0.3, 0.4) is 0 Å². The van der Waals surface area contributed by atoms with Crippen molar-refractivity contribution in [2.75, 3.05) is 57.3 Å². The molecule has 1 aromatic carbocycles. The SMILES string of the molecule is Cc1ccccc1N1CCN(CCN2CCNC2=O)CC1. The molecule has 0 aromatic heterocycles. The highest BCUT2D eigenvalue weighted by Gasteiger charge is 2.22. The molecule has 114 valence electrons. The lowest BCUT2D eigenvalue weighted by Gasteiger charge is -2.37. The van der Waals surface area contributed by atoms with E-state index in [1.165, 1.54) is 11.3 Å². The third-order valence-corrected chi connectivity index (χ3v) is 4.46. The van der Waals surface area contributed by atoms with E-state index in [0.717, 1.165) is 52.4 Å². The normalized spacial score (nSPS) is 20.0. The van der Waals surface area contributed by atoms with Crippen molar-refractivity contribution in [3.05, 3.63) is 29.8 Å². The molecule has 2 saturated heterocycles. The smallest absolute Gasteiger partial charge is 0.317 e. The highest BCUT2D eigenvalue weighted by Crippen LogP contribution is 2.20. The first-order valence-electron chi connectivity index (χ1n) is 7.80. The van der Waals surface area contributed by atoms with Crippen molar-refractivity contribution in [3.8, 4) is 0 Å². The molecule has 0 radical (unpaired) electrons. The first kappa shape index (κ1) is 14.2. The maximum Gasteiger partial charge on any atom is 0.317 e. The summed E-state index contributed by atoms with van der Waals surface area (Å²) in [7, 11) is 0. The van der Waals surface area contributed by atoms with Gasteiger partial charge < -0.3 is 15.1 Å². The minimum absolute atomic E-state index is 0.0912. The molecule has 0 aliphatic carbocycles. The van der Waals surface area contributed by atoms with Crippen LogP contribution in [-0.2, 0) is 0 Å². The molecule has 2 heterocycles. The molecule has 1 N–H and O–H groups in total. The lowest BCUT2D eigenvalue weighted by molar-refractivity contribution is 0.197. The Morgan fingerprint density at radius 3 is 2.48 bits per heavy atom. The molecule has 2 aliphatic rings. The van der Waals surface area contributed by atoms with Crippen molar-refractivity contribution in [2.45, 2.75) is 6.92 Å². The van der Waals surface area contributed by atoms with Crippen LogP contribution in [-0.4, -0.2) is 68.2 Å². The van der Waals surface area contributed by atoms with Crippen LogP contribution >= 0.6 is 0 Å². The van der Waals surface area contributed by atoms with Crippen LogP contribution in [0.15, 0.2) is 24.3 Å². The van der Waals surface area contributed by atoms with E-state index in [4.69, 9.17) is 0 Å². The van der Waals surface area contributed by atoms with E-state index in [1.54, 1.807) is 0 Å². The van der Waals surface area contributed by atoms with Crippen molar-refractivity contribution in [1.82, 2.24) is 15.1 Å². The second-order valence-corrected chi connectivity index (χ2v) is 5.83. The van der Waals surface area contributed by atoms with Gasteiger partial charge in [0.25, 0.3) is 0 Å². The molecule has 1 aromatic rings. The molecule has 0 atom stereocenters. The minimum Gasteiger partial charge on any atom is -0.369 e. The van der Waals surface area contributed by atoms with E-state index in [1.807, 2.05) is 4.90 Å². The third-order valence-electron chi connectivity index (χ3n) is 4.46. The first-order valence-corrected chi connectivity index (χ1v) is 7.80. The van der Waals surface area contributed by atoms with E-state index >= 15 is 0 Å². The number of aryl methyl sites for hydroxylation is 1. The monoisotopic (exact) mass is 288 g/mol. The van der Waals surface area contributed by atoms with Gasteiger partial charge in [0.2, 0.25) is 0 Å². The summed E-state index contributed by atoms with van der Waals surface area (Å²) in [6.45, 7) is 9.92. The third kappa shape index (κ3) is 3.29. The summed E-state index contributed by atoms with van der Waals surface area (Å²) in [5.74, 6) is 0. The van der Waals surface area contributed by atoms with Gasteiger partial charge in [-0.1, -0.05) is 18.2 Å². The summed E-state index contributed by atoms with van der Waals surface area (Å²) >= 11 is 0. The minimum atomic E-state index is 0.0912. The summed E-state index contributed by atoms with van der Waals surface area (Å²) in [6, 6.07) is 8.68. The van der Waals surface area contributed by atoms with E-state index in [2.05, 4.69) is 46.3 Å². The van der Waals surface area contributed by atoms with Crippen LogP contribution in [0.2, 0.25) is 0 Å². The number of carbonyl (C=O) groups excluding carboxylic acids is 1. The van der Waals surface area contributed by atoms with Gasteiger partial charge in [0.15, 0.2) is 0 Å². The van der Waals surface area contributed by atoms with Gasteiger partial charge >= 0.3 is 6.03 Å². The summed E-state index contributed by atoms with van der Waals surface area (Å²) in [5.41, 5.74) is 2.70. The number of urea groups is 1. The predicted octanol–water partition coefficient (Wildman–Crippen LogP) is 1.14. The van der Waals surface area contributed by atoms with Crippen molar-refractivity contribution >= 4 is 11.7 Å². The lowest BCUT2D eigenvalue weighted by atomic mass is 10.1.